The number of hydrogen-bond acceptors (Lipinski definition) is 32. The van der Waals surface area contributed by atoms with Gasteiger partial charge in [-0.15, -0.1) is 0 Å². The smallest absolute Gasteiger partial charge is 0.335 e. The molecule has 6 saturated heterocycles. The number of hydrogen-bond donors (Lipinski definition) is 7. The maximum Gasteiger partial charge on any atom is 0.335 e. The van der Waals surface area contributed by atoms with Crippen molar-refractivity contribution in [2.24, 2.45) is 0 Å². The van der Waals surface area contributed by atoms with Crippen LogP contribution >= 0.6 is 8.53 Å². The second-order valence-corrected chi connectivity index (χ2v) is 46.8. The van der Waals surface area contributed by atoms with Crippen LogP contribution in [0.25, 0.3) is 55.8 Å². The van der Waals surface area contributed by atoms with Gasteiger partial charge in [0.05, 0.1) is 126 Å². The number of imidazole rings is 5. The van der Waals surface area contributed by atoms with E-state index in [1.54, 1.807) is 43.6 Å². The molecule has 6 aliphatic heterocycles. The van der Waals surface area contributed by atoms with E-state index in [1.165, 1.54) is 47.1 Å². The van der Waals surface area contributed by atoms with Crippen molar-refractivity contribution in [2.75, 3.05) is 26.4 Å². The van der Waals surface area contributed by atoms with Crippen molar-refractivity contribution in [2.45, 2.75) is 336 Å². The van der Waals surface area contributed by atoms with E-state index in [4.69, 9.17) is 61.2 Å². The lowest BCUT2D eigenvalue weighted by Crippen LogP contribution is -2.65. The van der Waals surface area contributed by atoms with Gasteiger partial charge in [0.15, 0.2) is 55.8 Å². The van der Waals surface area contributed by atoms with Gasteiger partial charge in [0.1, 0.15) is 68.4 Å². The molecule has 45 heteroatoms. The molecule has 0 amide bonds. The molecule has 6 fully saturated rings. The number of aromatic amines is 2. The van der Waals surface area contributed by atoms with E-state index >= 15 is 0 Å². The summed E-state index contributed by atoms with van der Waals surface area (Å²) in [7, 11) is -6.67. The average Bonchev–Trinajstić information content (AvgIpc) is 1.34. The van der Waals surface area contributed by atoms with E-state index in [0.717, 1.165) is 29.6 Å². The molecular formula is C88H131N22O20PSi2. The first kappa shape index (κ1) is 103. The molecule has 7 N–H and O–H groups in total. The number of nitrogens with one attached hydrogen (secondary N) is 2. The summed E-state index contributed by atoms with van der Waals surface area (Å²) in [6, 6.07) is 2.57. The largest absolute Gasteiger partial charge is 0.414 e. The van der Waals surface area contributed by atoms with Crippen LogP contribution in [0.4, 0.5) is 0 Å². The standard InChI is InChI=1S/C25H39N6O4P.C22H38N4O5Si2.C16H22N4O3.C15H20N4O4.C10H12N4O4/c1-8-20-21(35-36(33-13-9-11-26)31(18(4)5)19(6)7)14-22(34-20)30-16-27-23-24(30)28-15-29(25(23)32)12-10-17(2)3;1-13(2)32(14(3)4)28-10-18-17(30-33(31-32,15(5)6)16(7)8)9-19(29-18)26-12-25-20-21(26)23-11-24-22(20)27;1-4-12-11(21)7-13(23-12)20-9-17-14-15(20)18-8-19(16(14)22)6-5-10(2)3;1-9(2)3-4-18-7-17-14-13(15(18)22)16-8-19(14)12-5-10(21)11(6-20)23-12;15-2-6-5(16)1-7(18-6)14-4-13-8-9(14)11-3-12-10(8)17/h10,15-16,18-22H,8-9,12-14H2,1-7H3;11-19H,9-10H2,1-8H3,(H,23,24,27);5,8-9,11-13,21H,4,6-7H2,1-3H3;3,7-8,10-12,20-21H,4-6H2,1-2H3;3-7,15-16H,1-2H2,(H,11,12,17)/t20-,21-,22-,36?;17-,18-,19-;11-,12-,13-;10-,11-,12-;5-,6-,7-/m11111/s1. The molecule has 0 radical (unpaired) electrons. The summed E-state index contributed by atoms with van der Waals surface area (Å²) in [5.74, 6) is 0. The zero-order valence-corrected chi connectivity index (χ0v) is 82.4. The number of H-pyrrole nitrogens is 2. The highest BCUT2D eigenvalue weighted by Gasteiger charge is 2.60. The quantitative estimate of drug-likeness (QED) is 0.0109. The van der Waals surface area contributed by atoms with Crippen LogP contribution in [-0.4, -0.2) is 243 Å². The zero-order chi connectivity index (χ0) is 96.4. The molecule has 16 heterocycles. The third kappa shape index (κ3) is 22.8. The van der Waals surface area contributed by atoms with Crippen LogP contribution in [0.15, 0.2) is 122 Å². The minimum Gasteiger partial charge on any atom is -0.414 e. The van der Waals surface area contributed by atoms with Gasteiger partial charge in [0.25, 0.3) is 36.3 Å². The topological polar surface area (TPSA) is 506 Å². The van der Waals surface area contributed by atoms with Crippen LogP contribution < -0.4 is 27.8 Å². The number of aliphatic hydroxyl groups excluding tert-OH is 5. The van der Waals surface area contributed by atoms with Gasteiger partial charge in [-0.2, -0.15) is 5.26 Å². The predicted molar refractivity (Wildman–Crippen MR) is 499 cm³/mol. The van der Waals surface area contributed by atoms with Crippen LogP contribution in [0.1, 0.15) is 221 Å². The average molecular weight is 1900 g/mol. The van der Waals surface area contributed by atoms with Gasteiger partial charge >= 0.3 is 17.1 Å². The fourth-order valence-corrected chi connectivity index (χ4v) is 30.2. The lowest BCUT2D eigenvalue weighted by molar-refractivity contribution is -0.0544. The molecule has 0 aromatic carbocycles. The number of nitriles is 1. The SMILES string of the molecule is CC(C)=CCn1cnc2c(ncn2[C@H]2C[C@@H](O)[C@@H](CO)O2)c1=O.CC(C)[Si]1(C(C)C)OC[C@H]2O[C@@H](n3cnc4c(=O)[nH]cnc43)C[C@H]2O[Si](C(C)C)(C(C)C)O1.CC[C@H]1O[C@@H](n2cnc3c(=O)n(CC=C(C)C)cnc32)C[C@H]1O.CC[C@H]1O[C@@H](n2cnc3c(=O)n(CC=C(C)C)cnc32)C[C@H]1OP(OCCC#N)N(C(C)C)C(C)C.O=c1[nH]cnc2c1ncn2[C@H]1C[C@@H](O)[C@@H](CO)O1. The number of nitrogens with zero attached hydrogens (tertiary/aromatic N) is 20. The van der Waals surface area contributed by atoms with Crippen molar-refractivity contribution >= 4 is 81.5 Å². The Kier molecular flexibility index (Phi) is 34.8. The van der Waals surface area contributed by atoms with Crippen molar-refractivity contribution in [3.63, 3.8) is 0 Å². The van der Waals surface area contributed by atoms with Crippen molar-refractivity contribution < 1.29 is 71.2 Å². The van der Waals surface area contributed by atoms with Gasteiger partial charge in [-0.05, 0) is 104 Å². The number of ether oxygens (including phenoxy) is 5. The molecular weight excluding hydrogens is 1770 g/mol. The lowest BCUT2D eigenvalue weighted by atomic mass is 10.1. The molecule has 0 saturated carbocycles. The van der Waals surface area contributed by atoms with E-state index < -0.39 is 68.6 Å². The molecule has 10 aromatic rings. The highest BCUT2D eigenvalue weighted by Crippen LogP contribution is 2.52. The molecule has 1 unspecified atom stereocenters. The molecule has 42 nitrogen and oxygen atoms in total. The summed E-state index contributed by atoms with van der Waals surface area (Å²) in [5, 5.41) is 56.7. The Morgan fingerprint density at radius 3 is 1.18 bits per heavy atom. The summed E-state index contributed by atoms with van der Waals surface area (Å²) in [5.41, 5.74) is 7.13. The Morgan fingerprint density at radius 1 is 0.481 bits per heavy atom. The fraction of sp³-hybridized carbons (Fsp3) is 0.636. The first-order valence-electron chi connectivity index (χ1n) is 45.7. The molecule has 0 spiro atoms. The highest BCUT2D eigenvalue weighted by molar-refractivity contribution is 7.44. The number of aromatic nitrogens is 20. The molecule has 6 aliphatic rings. The summed E-state index contributed by atoms with van der Waals surface area (Å²) in [4.78, 5) is 109. The number of rotatable bonds is 27. The molecule has 133 heavy (non-hydrogen) atoms. The molecule has 16 rings (SSSR count). The Bertz CT molecular complexity index is 5880. The van der Waals surface area contributed by atoms with E-state index in [1.807, 2.05) is 75.8 Å². The summed E-state index contributed by atoms with van der Waals surface area (Å²) >= 11 is 0. The minimum absolute atomic E-state index is 0.142. The first-order valence-corrected chi connectivity index (χ1v) is 50.7. The van der Waals surface area contributed by atoms with E-state index in [9.17, 15) is 39.3 Å². The van der Waals surface area contributed by atoms with Crippen molar-refractivity contribution in [3.8, 4) is 6.07 Å². The molecule has 0 aliphatic carbocycles. The van der Waals surface area contributed by atoms with Gasteiger partial charge < -0.3 is 81.2 Å². The van der Waals surface area contributed by atoms with E-state index in [2.05, 4.69) is 161 Å². The Balaban J connectivity index is 0.000000153. The third-order valence-electron chi connectivity index (χ3n) is 24.4. The fourth-order valence-electron chi connectivity index (χ4n) is 17.3. The monoisotopic (exact) mass is 1900 g/mol. The van der Waals surface area contributed by atoms with Gasteiger partial charge in [-0.1, -0.05) is 104 Å². The zero-order valence-electron chi connectivity index (χ0n) is 79.5. The van der Waals surface area contributed by atoms with Crippen molar-refractivity contribution in [1.82, 2.24) is 101 Å². The van der Waals surface area contributed by atoms with Crippen molar-refractivity contribution in [3.05, 3.63) is 150 Å². The summed E-state index contributed by atoms with van der Waals surface area (Å²) in [6.45, 7) is 43.7. The molecule has 10 aromatic heterocycles. The number of aliphatic hydroxyl groups is 5. The normalized spacial score (nSPS) is 24.7. The minimum atomic E-state index is -2.68. The van der Waals surface area contributed by atoms with Gasteiger partial charge in [0.2, 0.25) is 0 Å². The predicted octanol–water partition coefficient (Wildman–Crippen LogP) is 9.86. The van der Waals surface area contributed by atoms with Crippen LogP contribution in [0.5, 0.6) is 0 Å². The third-order valence-corrected chi connectivity index (χ3v) is 36.8. The lowest BCUT2D eigenvalue weighted by Gasteiger charge is -2.51. The highest BCUT2D eigenvalue weighted by atomic mass is 31.2. The molecule has 0 bridgehead atoms. The maximum atomic E-state index is 12.9. The van der Waals surface area contributed by atoms with E-state index in [-0.39, 0.29) is 135 Å². The van der Waals surface area contributed by atoms with Crippen LogP contribution in [0.2, 0.25) is 22.2 Å². The Labute approximate surface area is 773 Å². The first-order chi connectivity index (χ1) is 63.4. The van der Waals surface area contributed by atoms with Gasteiger partial charge in [0, 0.05) is 63.8 Å². The second kappa shape index (κ2) is 45.1. The van der Waals surface area contributed by atoms with Crippen molar-refractivity contribution in [1.29, 1.82) is 5.26 Å². The van der Waals surface area contributed by atoms with Crippen LogP contribution in [0.3, 0.4) is 0 Å². The number of fused-ring (bicyclic) bond motifs is 6. The molecule has 726 valence electrons. The Hall–Kier alpha value is -9.32. The number of allylic oxidation sites excluding steroid dienone is 6. The van der Waals surface area contributed by atoms with Crippen LogP contribution in [0, 0.1) is 11.3 Å². The molecule has 16 atom stereocenters. The second-order valence-electron chi connectivity index (χ2n) is 36.6. The maximum absolute atomic E-state index is 12.9. The van der Waals surface area contributed by atoms with Gasteiger partial charge in [-0.25, -0.2) is 54.5 Å². The Morgan fingerprint density at radius 2 is 0.835 bits per heavy atom. The van der Waals surface area contributed by atoms with Gasteiger partial charge in [-0.3, -0.25) is 60.5 Å². The van der Waals surface area contributed by atoms with Crippen LogP contribution in [-0.2, 0) is 65.3 Å². The van der Waals surface area contributed by atoms with E-state index in [0.29, 0.717) is 116 Å². The summed E-state index contributed by atoms with van der Waals surface area (Å²) in [6.07, 6.45) is 18.9. The summed E-state index contributed by atoms with van der Waals surface area (Å²) < 4.78 is 79.0.